The molecule has 0 spiro atoms. The van der Waals surface area contributed by atoms with Gasteiger partial charge < -0.3 is 10.4 Å². The topological polar surface area (TPSA) is 110 Å². The molecule has 112 valence electrons. The average molecular weight is 309 g/mol. The molecule has 0 aliphatic rings. The van der Waals surface area contributed by atoms with Crippen molar-refractivity contribution >= 4 is 23.2 Å². The normalized spacial score (nSPS) is 13.6. The van der Waals surface area contributed by atoms with Gasteiger partial charge >= 0.3 is 5.97 Å². The zero-order valence-electron chi connectivity index (χ0n) is 11.6. The number of carboxylic acid groups (broad SMARTS) is 1. The van der Waals surface area contributed by atoms with E-state index < -0.39 is 17.9 Å². The van der Waals surface area contributed by atoms with Crippen LogP contribution >= 0.6 is 11.3 Å². The second-order valence-electron chi connectivity index (χ2n) is 4.64. The highest BCUT2D eigenvalue weighted by atomic mass is 32.1. The van der Waals surface area contributed by atoms with Crippen molar-refractivity contribution in [2.45, 2.75) is 26.4 Å². The van der Waals surface area contributed by atoms with Crippen LogP contribution in [0.3, 0.4) is 0 Å². The number of nitrogens with one attached hydrogen (secondary N) is 1. The maximum absolute atomic E-state index is 11.8. The summed E-state index contributed by atoms with van der Waals surface area (Å²) in [5.41, 5.74) is 0.847. The van der Waals surface area contributed by atoms with Gasteiger partial charge in [-0.1, -0.05) is 0 Å². The highest BCUT2D eigenvalue weighted by Crippen LogP contribution is 2.16. The van der Waals surface area contributed by atoms with Gasteiger partial charge in [0.05, 0.1) is 5.92 Å². The highest BCUT2D eigenvalue weighted by molar-refractivity contribution is 7.08. The zero-order chi connectivity index (χ0) is 15.4. The standard InChI is InChI=1S/C12H15N5O3S/c1-7(12(19)20)8(2)13-10(18)5-17-15-11(14-16-17)9-3-4-21-6-9/h3-4,6-8H,5H2,1-2H3,(H,13,18)(H,19,20). The van der Waals surface area contributed by atoms with E-state index in [9.17, 15) is 9.59 Å². The molecule has 2 atom stereocenters. The Balaban J connectivity index is 1.93. The molecule has 0 aliphatic heterocycles. The first-order chi connectivity index (χ1) is 9.97. The summed E-state index contributed by atoms with van der Waals surface area (Å²) in [5.74, 6) is -1.53. The predicted molar refractivity (Wildman–Crippen MR) is 75.5 cm³/mol. The maximum atomic E-state index is 11.8. The number of nitrogens with zero attached hydrogens (tertiary/aromatic N) is 4. The minimum atomic E-state index is -0.957. The fraction of sp³-hybridized carbons (Fsp3) is 0.417. The number of thiophene rings is 1. The third kappa shape index (κ3) is 3.85. The summed E-state index contributed by atoms with van der Waals surface area (Å²) in [4.78, 5) is 23.8. The van der Waals surface area contributed by atoms with E-state index in [0.29, 0.717) is 5.82 Å². The Morgan fingerprint density at radius 2 is 2.24 bits per heavy atom. The van der Waals surface area contributed by atoms with E-state index in [1.165, 1.54) is 23.1 Å². The first-order valence-corrected chi connectivity index (χ1v) is 7.24. The molecular weight excluding hydrogens is 294 g/mol. The van der Waals surface area contributed by atoms with Gasteiger partial charge in [-0.05, 0) is 30.5 Å². The average Bonchev–Trinajstić information content (AvgIpc) is 3.07. The third-order valence-corrected chi connectivity index (χ3v) is 3.73. The van der Waals surface area contributed by atoms with Crippen LogP contribution < -0.4 is 5.32 Å². The molecule has 0 bridgehead atoms. The number of aliphatic carboxylic acids is 1. The number of amides is 1. The molecule has 1 amide bonds. The Kier molecular flexibility index (Phi) is 4.63. The quantitative estimate of drug-likeness (QED) is 0.809. The molecule has 2 aromatic heterocycles. The van der Waals surface area contributed by atoms with Gasteiger partial charge in [-0.25, -0.2) is 0 Å². The first kappa shape index (κ1) is 15.1. The van der Waals surface area contributed by atoms with Gasteiger partial charge in [0.2, 0.25) is 11.7 Å². The molecule has 0 radical (unpaired) electrons. The number of aromatic nitrogens is 4. The molecule has 0 aromatic carbocycles. The molecule has 2 N–H and O–H groups in total. The van der Waals surface area contributed by atoms with Crippen molar-refractivity contribution in [1.29, 1.82) is 0 Å². The Morgan fingerprint density at radius 3 is 2.86 bits per heavy atom. The number of carbonyl (C=O) groups is 2. The lowest BCUT2D eigenvalue weighted by atomic mass is 10.0. The molecule has 0 saturated carbocycles. The molecule has 21 heavy (non-hydrogen) atoms. The van der Waals surface area contributed by atoms with E-state index in [2.05, 4.69) is 20.7 Å². The number of hydrogen-bond acceptors (Lipinski definition) is 6. The molecule has 2 unspecified atom stereocenters. The maximum Gasteiger partial charge on any atom is 0.308 e. The van der Waals surface area contributed by atoms with Gasteiger partial charge in [-0.15, -0.1) is 10.2 Å². The fourth-order valence-electron chi connectivity index (χ4n) is 1.58. The van der Waals surface area contributed by atoms with E-state index in [0.717, 1.165) is 5.56 Å². The van der Waals surface area contributed by atoms with Gasteiger partial charge in [0.25, 0.3) is 0 Å². The summed E-state index contributed by atoms with van der Waals surface area (Å²) in [5, 5.41) is 27.0. The van der Waals surface area contributed by atoms with Crippen molar-refractivity contribution in [3.63, 3.8) is 0 Å². The lowest BCUT2D eigenvalue weighted by Gasteiger charge is -2.17. The molecule has 2 heterocycles. The van der Waals surface area contributed by atoms with E-state index in [-0.39, 0.29) is 12.5 Å². The monoisotopic (exact) mass is 309 g/mol. The van der Waals surface area contributed by atoms with Crippen LogP contribution in [0.2, 0.25) is 0 Å². The Hall–Kier alpha value is -2.29. The van der Waals surface area contributed by atoms with Crippen LogP contribution in [0.1, 0.15) is 13.8 Å². The summed E-state index contributed by atoms with van der Waals surface area (Å²) in [6, 6.07) is 1.39. The van der Waals surface area contributed by atoms with Crippen LogP contribution in [0.4, 0.5) is 0 Å². The lowest BCUT2D eigenvalue weighted by molar-refractivity contribution is -0.142. The second-order valence-corrected chi connectivity index (χ2v) is 5.42. The van der Waals surface area contributed by atoms with Crippen LogP contribution in [-0.4, -0.2) is 43.2 Å². The number of tetrazole rings is 1. The van der Waals surface area contributed by atoms with Crippen molar-refractivity contribution in [1.82, 2.24) is 25.5 Å². The molecule has 2 aromatic rings. The van der Waals surface area contributed by atoms with Gasteiger partial charge in [-0.2, -0.15) is 16.1 Å². The third-order valence-electron chi connectivity index (χ3n) is 3.05. The smallest absolute Gasteiger partial charge is 0.308 e. The number of carboxylic acids is 1. The Morgan fingerprint density at radius 1 is 1.48 bits per heavy atom. The van der Waals surface area contributed by atoms with Crippen LogP contribution in [0.25, 0.3) is 11.4 Å². The number of hydrogen-bond donors (Lipinski definition) is 2. The van der Waals surface area contributed by atoms with Crippen LogP contribution in [-0.2, 0) is 16.1 Å². The lowest BCUT2D eigenvalue weighted by Crippen LogP contribution is -2.41. The first-order valence-electron chi connectivity index (χ1n) is 6.30. The molecule has 2 rings (SSSR count). The van der Waals surface area contributed by atoms with Crippen LogP contribution in [0.15, 0.2) is 16.8 Å². The fourth-order valence-corrected chi connectivity index (χ4v) is 2.22. The van der Waals surface area contributed by atoms with Crippen molar-refractivity contribution in [3.8, 4) is 11.4 Å². The van der Waals surface area contributed by atoms with E-state index in [4.69, 9.17) is 5.11 Å². The Bertz CT molecular complexity index is 625. The van der Waals surface area contributed by atoms with Crippen LogP contribution in [0, 0.1) is 5.92 Å². The van der Waals surface area contributed by atoms with E-state index in [1.54, 1.807) is 6.92 Å². The minimum absolute atomic E-state index is 0.103. The summed E-state index contributed by atoms with van der Waals surface area (Å²) in [6.45, 7) is 3.08. The molecule has 0 saturated heterocycles. The van der Waals surface area contributed by atoms with Crippen molar-refractivity contribution in [2.75, 3.05) is 0 Å². The summed E-state index contributed by atoms with van der Waals surface area (Å²) in [6.07, 6.45) is 0. The van der Waals surface area contributed by atoms with Gasteiger partial charge in [0.1, 0.15) is 6.54 Å². The van der Waals surface area contributed by atoms with Gasteiger partial charge in [-0.3, -0.25) is 9.59 Å². The molecule has 9 heteroatoms. The SMILES string of the molecule is CC(NC(=O)Cn1nnc(-c2ccsc2)n1)C(C)C(=O)O. The second kappa shape index (κ2) is 6.44. The van der Waals surface area contributed by atoms with Crippen molar-refractivity contribution in [3.05, 3.63) is 16.8 Å². The predicted octanol–water partition coefficient (Wildman–Crippen LogP) is 0.627. The van der Waals surface area contributed by atoms with E-state index in [1.807, 2.05) is 16.8 Å². The van der Waals surface area contributed by atoms with Crippen LogP contribution in [0.5, 0.6) is 0 Å². The highest BCUT2D eigenvalue weighted by Gasteiger charge is 2.21. The minimum Gasteiger partial charge on any atom is -0.481 e. The van der Waals surface area contributed by atoms with E-state index >= 15 is 0 Å². The largest absolute Gasteiger partial charge is 0.481 e. The van der Waals surface area contributed by atoms with Gasteiger partial charge in [0.15, 0.2) is 0 Å². The Labute approximate surface area is 124 Å². The number of carbonyl (C=O) groups excluding carboxylic acids is 1. The molecular formula is C12H15N5O3S. The molecule has 0 aliphatic carbocycles. The summed E-state index contributed by atoms with van der Waals surface area (Å²) in [7, 11) is 0. The molecule has 0 fully saturated rings. The zero-order valence-corrected chi connectivity index (χ0v) is 12.4. The van der Waals surface area contributed by atoms with Gasteiger partial charge in [0, 0.05) is 17.0 Å². The van der Waals surface area contributed by atoms with Crippen molar-refractivity contribution < 1.29 is 14.7 Å². The molecule has 8 nitrogen and oxygen atoms in total. The summed E-state index contributed by atoms with van der Waals surface area (Å²) < 4.78 is 0. The van der Waals surface area contributed by atoms with Crippen molar-refractivity contribution in [2.24, 2.45) is 5.92 Å². The number of rotatable bonds is 6. The summed E-state index contributed by atoms with van der Waals surface area (Å²) >= 11 is 1.52.